The molecule has 0 saturated heterocycles. The Bertz CT molecular complexity index is 1270. The first-order valence-electron chi connectivity index (χ1n) is 12.8. The topological polar surface area (TPSA) is 107 Å². The summed E-state index contributed by atoms with van der Waals surface area (Å²) in [5.74, 6) is -1.14. The Hall–Kier alpha value is -3.74. The first-order chi connectivity index (χ1) is 18.8. The van der Waals surface area contributed by atoms with Gasteiger partial charge in [-0.25, -0.2) is 5.01 Å². The predicted molar refractivity (Wildman–Crippen MR) is 142 cm³/mol. The van der Waals surface area contributed by atoms with Crippen molar-refractivity contribution in [1.82, 2.24) is 30.8 Å². The average Bonchev–Trinajstić information content (AvgIpc) is 3.59. The van der Waals surface area contributed by atoms with Crippen molar-refractivity contribution in [2.24, 2.45) is 0 Å². The van der Waals surface area contributed by atoms with E-state index in [1.54, 1.807) is 35.2 Å². The zero-order valence-electron chi connectivity index (χ0n) is 22.3. The van der Waals surface area contributed by atoms with E-state index in [1.807, 2.05) is 31.0 Å². The van der Waals surface area contributed by atoms with Crippen LogP contribution in [-0.2, 0) is 22.7 Å². The quantitative estimate of drug-likeness (QED) is 0.337. The lowest BCUT2D eigenvalue weighted by molar-refractivity contribution is -0.145. The first kappa shape index (κ1) is 28.3. The largest absolute Gasteiger partial charge is 0.333 e. The maximum absolute atomic E-state index is 13.3. The molecule has 1 aliphatic heterocycles. The van der Waals surface area contributed by atoms with E-state index in [0.717, 1.165) is 12.1 Å². The summed E-state index contributed by atoms with van der Waals surface area (Å²) in [6.07, 6.45) is -2.87. The fourth-order valence-corrected chi connectivity index (χ4v) is 4.40. The Balaban J connectivity index is 1.41. The molecule has 39 heavy (non-hydrogen) atoms. The maximum atomic E-state index is 13.3. The van der Waals surface area contributed by atoms with Crippen molar-refractivity contribution >= 4 is 17.5 Å². The molecule has 0 bridgehead atoms. The lowest BCUT2D eigenvalue weighted by Crippen LogP contribution is -2.47. The molecule has 1 aliphatic rings. The second kappa shape index (κ2) is 12.9. The number of carbonyl (C=O) groups excluding carboxylic acids is 2. The number of aryl methyl sites for hydroxylation is 1. The van der Waals surface area contributed by atoms with Crippen molar-refractivity contribution in [2.75, 3.05) is 44.7 Å². The number of halogens is 2. The van der Waals surface area contributed by atoms with Crippen LogP contribution in [0.3, 0.4) is 0 Å². The summed E-state index contributed by atoms with van der Waals surface area (Å²) in [5.41, 5.74) is 4.24. The monoisotopic (exact) mass is 541 g/mol. The maximum Gasteiger partial charge on any atom is 0.315 e. The Kier molecular flexibility index (Phi) is 9.33. The summed E-state index contributed by atoms with van der Waals surface area (Å²) in [4.78, 5) is 31.5. The van der Waals surface area contributed by atoms with Gasteiger partial charge in [0.2, 0.25) is 11.7 Å². The van der Waals surface area contributed by atoms with Crippen LogP contribution in [0.1, 0.15) is 35.9 Å². The molecule has 0 saturated carbocycles. The molecule has 0 fully saturated rings. The third-order valence-electron chi connectivity index (χ3n) is 6.61. The Morgan fingerprint density at radius 1 is 1.08 bits per heavy atom. The number of likely N-dealkylation sites (N-methyl/N-ethyl adjacent to an activating group) is 2. The van der Waals surface area contributed by atoms with Crippen LogP contribution in [0.5, 0.6) is 0 Å². The second-order valence-corrected chi connectivity index (χ2v) is 9.27. The summed E-state index contributed by atoms with van der Waals surface area (Å²) >= 11 is 0. The number of carbonyl (C=O) groups is 2. The van der Waals surface area contributed by atoms with Gasteiger partial charge in [-0.2, -0.15) is 13.8 Å². The Morgan fingerprint density at radius 2 is 1.77 bits per heavy atom. The van der Waals surface area contributed by atoms with Gasteiger partial charge in [-0.15, -0.1) is 0 Å². The van der Waals surface area contributed by atoms with Crippen LogP contribution in [0.15, 0.2) is 47.0 Å². The Labute approximate surface area is 225 Å². The van der Waals surface area contributed by atoms with Crippen LogP contribution < -0.4 is 15.5 Å². The molecule has 2 aromatic carbocycles. The lowest BCUT2D eigenvalue weighted by Gasteiger charge is -2.28. The minimum absolute atomic E-state index is 0.00553. The minimum Gasteiger partial charge on any atom is -0.333 e. The molecule has 0 spiro atoms. The standard InChI is InChI=1S/C27H33F2N7O3/c1-4-30-11-12-36(22-13-19(10-9-18(22)2)26-32-27(25(28)29)39-33-26)24(38)15-31-14-23(37)34(3)35-16-20-7-5-6-8-21(20)17-35/h5-10,13,25,30-31H,4,11-12,14-17H2,1-3H3. The molecule has 0 unspecified atom stereocenters. The summed E-state index contributed by atoms with van der Waals surface area (Å²) in [6, 6.07) is 13.2. The molecule has 208 valence electrons. The third-order valence-corrected chi connectivity index (χ3v) is 6.61. The van der Waals surface area contributed by atoms with Gasteiger partial charge in [-0.3, -0.25) is 19.9 Å². The van der Waals surface area contributed by atoms with Crippen LogP contribution in [0.4, 0.5) is 14.5 Å². The van der Waals surface area contributed by atoms with E-state index in [4.69, 9.17) is 0 Å². The number of alkyl halides is 2. The van der Waals surface area contributed by atoms with E-state index in [1.165, 1.54) is 11.1 Å². The summed E-state index contributed by atoms with van der Waals surface area (Å²) in [6.45, 7) is 6.72. The van der Waals surface area contributed by atoms with Crippen LogP contribution >= 0.6 is 0 Å². The van der Waals surface area contributed by atoms with Gasteiger partial charge in [0.05, 0.1) is 13.1 Å². The molecule has 4 rings (SSSR count). The van der Waals surface area contributed by atoms with Gasteiger partial charge in [0.15, 0.2) is 0 Å². The van der Waals surface area contributed by atoms with Crippen molar-refractivity contribution in [3.63, 3.8) is 0 Å². The molecule has 2 amide bonds. The normalized spacial score (nSPS) is 13.1. The molecular weight excluding hydrogens is 508 g/mol. The Morgan fingerprint density at radius 3 is 2.41 bits per heavy atom. The van der Waals surface area contributed by atoms with Crippen molar-refractivity contribution in [1.29, 1.82) is 0 Å². The van der Waals surface area contributed by atoms with Crippen molar-refractivity contribution in [3.05, 3.63) is 65.0 Å². The van der Waals surface area contributed by atoms with Gasteiger partial charge >= 0.3 is 6.43 Å². The van der Waals surface area contributed by atoms with Crippen LogP contribution in [0.2, 0.25) is 0 Å². The fraction of sp³-hybridized carbons (Fsp3) is 0.407. The summed E-state index contributed by atoms with van der Waals surface area (Å²) < 4.78 is 30.5. The van der Waals surface area contributed by atoms with Crippen LogP contribution in [0, 0.1) is 6.92 Å². The molecule has 12 heteroatoms. The molecule has 3 aromatic rings. The fourth-order valence-electron chi connectivity index (χ4n) is 4.40. The van der Waals surface area contributed by atoms with E-state index in [-0.39, 0.29) is 30.7 Å². The van der Waals surface area contributed by atoms with E-state index in [0.29, 0.717) is 37.4 Å². The number of anilines is 1. The van der Waals surface area contributed by atoms with E-state index < -0.39 is 12.3 Å². The highest BCUT2D eigenvalue weighted by atomic mass is 19.3. The highest BCUT2D eigenvalue weighted by Gasteiger charge is 2.25. The number of hydrazine groups is 1. The smallest absolute Gasteiger partial charge is 0.315 e. The van der Waals surface area contributed by atoms with E-state index >= 15 is 0 Å². The first-order valence-corrected chi connectivity index (χ1v) is 12.8. The predicted octanol–water partition coefficient (Wildman–Crippen LogP) is 2.90. The van der Waals surface area contributed by atoms with Gasteiger partial charge in [0.1, 0.15) is 0 Å². The number of fused-ring (bicyclic) bond motifs is 1. The average molecular weight is 542 g/mol. The SMILES string of the molecule is CCNCCN(C(=O)CNCC(=O)N(C)N1Cc2ccccc2C1)c1cc(-c2noc(C(F)F)n2)ccc1C. The van der Waals surface area contributed by atoms with Crippen LogP contribution in [0.25, 0.3) is 11.4 Å². The van der Waals surface area contributed by atoms with E-state index in [9.17, 15) is 18.4 Å². The number of aromatic nitrogens is 2. The number of hydrogen-bond acceptors (Lipinski definition) is 8. The summed E-state index contributed by atoms with van der Waals surface area (Å²) in [5, 5.41) is 13.4. The molecule has 0 atom stereocenters. The third kappa shape index (κ3) is 6.83. The molecule has 10 nitrogen and oxygen atoms in total. The molecule has 0 aliphatic carbocycles. The minimum atomic E-state index is -2.87. The van der Waals surface area contributed by atoms with E-state index in [2.05, 4.69) is 37.4 Å². The molecule has 1 aromatic heterocycles. The van der Waals surface area contributed by atoms with Crippen molar-refractivity contribution in [2.45, 2.75) is 33.4 Å². The second-order valence-electron chi connectivity index (χ2n) is 9.27. The van der Waals surface area contributed by atoms with Gasteiger partial charge in [0.25, 0.3) is 11.8 Å². The molecule has 2 N–H and O–H groups in total. The number of hydrogen-bond donors (Lipinski definition) is 2. The van der Waals surface area contributed by atoms with Crippen molar-refractivity contribution < 1.29 is 22.9 Å². The number of nitrogens with one attached hydrogen (secondary N) is 2. The van der Waals surface area contributed by atoms with Gasteiger partial charge < -0.3 is 14.7 Å². The summed E-state index contributed by atoms with van der Waals surface area (Å²) in [7, 11) is 1.73. The van der Waals surface area contributed by atoms with Gasteiger partial charge in [0, 0.05) is 44.5 Å². The number of amides is 2. The zero-order chi connectivity index (χ0) is 27.9. The highest BCUT2D eigenvalue weighted by Crippen LogP contribution is 2.28. The van der Waals surface area contributed by atoms with Crippen LogP contribution in [-0.4, -0.2) is 71.7 Å². The van der Waals surface area contributed by atoms with Gasteiger partial charge in [-0.05, 0) is 36.2 Å². The van der Waals surface area contributed by atoms with Crippen molar-refractivity contribution in [3.8, 4) is 11.4 Å². The highest BCUT2D eigenvalue weighted by molar-refractivity contribution is 5.96. The zero-order valence-corrected chi connectivity index (χ0v) is 22.3. The molecule has 2 heterocycles. The lowest BCUT2D eigenvalue weighted by atomic mass is 10.1. The number of nitrogens with zero attached hydrogens (tertiary/aromatic N) is 5. The molecule has 0 radical (unpaired) electrons. The van der Waals surface area contributed by atoms with Gasteiger partial charge in [-0.1, -0.05) is 48.5 Å². The number of rotatable bonds is 12. The molecular formula is C27H33F2N7O3. The number of benzene rings is 2.